The van der Waals surface area contributed by atoms with Gasteiger partial charge in [0.05, 0.1) is 6.61 Å². The van der Waals surface area contributed by atoms with Crippen LogP contribution in [0, 0.1) is 0 Å². The summed E-state index contributed by atoms with van der Waals surface area (Å²) in [5, 5.41) is 1.43. The van der Waals surface area contributed by atoms with Crippen LogP contribution in [-0.4, -0.2) is 42.3 Å². The minimum Gasteiger partial charge on any atom is -0.380 e. The molecule has 0 radical (unpaired) electrons. The number of hydrogen-bond acceptors (Lipinski definition) is 2. The zero-order valence-electron chi connectivity index (χ0n) is 17.0. The Morgan fingerprint density at radius 3 is 2.46 bits per heavy atom. The molecule has 0 amide bonds. The molecule has 1 aromatic heterocycles. The predicted octanol–water partition coefficient (Wildman–Crippen LogP) is 5.10. The summed E-state index contributed by atoms with van der Waals surface area (Å²) in [6, 6.07) is 19.7. The average molecular weight is 377 g/mol. The zero-order chi connectivity index (χ0) is 19.2. The molecule has 0 spiro atoms. The highest BCUT2D eigenvalue weighted by atomic mass is 16.5. The molecule has 0 aliphatic carbocycles. The van der Waals surface area contributed by atoms with Gasteiger partial charge >= 0.3 is 0 Å². The minimum absolute atomic E-state index is 0.672. The number of aromatic nitrogens is 1. The van der Waals surface area contributed by atoms with Crippen LogP contribution in [0.1, 0.15) is 36.8 Å². The topological polar surface area (TPSA) is 17.4 Å². The Bertz CT molecular complexity index is 863. The maximum atomic E-state index is 5.59. The van der Waals surface area contributed by atoms with Crippen molar-refractivity contribution < 1.29 is 4.74 Å². The van der Waals surface area contributed by atoms with Gasteiger partial charge in [0.1, 0.15) is 0 Å². The summed E-state index contributed by atoms with van der Waals surface area (Å²) in [6.45, 7) is 8.15. The maximum Gasteiger partial charge on any atom is 0.0645 e. The van der Waals surface area contributed by atoms with Gasteiger partial charge in [0.2, 0.25) is 0 Å². The van der Waals surface area contributed by atoms with Crippen LogP contribution in [0.3, 0.4) is 0 Å². The lowest BCUT2D eigenvalue weighted by Gasteiger charge is -2.32. The molecule has 2 heterocycles. The summed E-state index contributed by atoms with van der Waals surface area (Å²) in [5.41, 5.74) is 4.33. The Labute approximate surface area is 168 Å². The number of ether oxygens (including phenoxy) is 1. The number of benzene rings is 2. The minimum atomic E-state index is 0.672. The molecule has 3 nitrogen and oxygen atoms in total. The monoisotopic (exact) mass is 376 g/mol. The van der Waals surface area contributed by atoms with Crippen molar-refractivity contribution in [2.45, 2.75) is 38.6 Å². The molecule has 1 aliphatic heterocycles. The normalized spacial score (nSPS) is 16.0. The summed E-state index contributed by atoms with van der Waals surface area (Å²) < 4.78 is 7.98. The standard InChI is InChI=1S/C25H32N2O/c1-2-28-19-18-27-20-24(23-10-6-7-11-25(23)27)22-13-16-26(17-14-22)15-12-21-8-4-3-5-9-21/h3-11,20,22H,2,12-19H2,1H3. The third kappa shape index (κ3) is 4.48. The Hall–Kier alpha value is -2.10. The molecule has 1 saturated heterocycles. The van der Waals surface area contributed by atoms with Gasteiger partial charge in [-0.1, -0.05) is 48.5 Å². The van der Waals surface area contributed by atoms with E-state index in [-0.39, 0.29) is 0 Å². The van der Waals surface area contributed by atoms with Gasteiger partial charge in [0, 0.05) is 36.8 Å². The Morgan fingerprint density at radius 2 is 1.68 bits per heavy atom. The quantitative estimate of drug-likeness (QED) is 0.509. The second-order valence-electron chi connectivity index (χ2n) is 7.84. The van der Waals surface area contributed by atoms with E-state index < -0.39 is 0 Å². The van der Waals surface area contributed by atoms with Crippen molar-refractivity contribution in [3.63, 3.8) is 0 Å². The van der Waals surface area contributed by atoms with E-state index in [4.69, 9.17) is 4.74 Å². The number of para-hydroxylation sites is 1. The third-order valence-electron chi connectivity index (χ3n) is 6.09. The van der Waals surface area contributed by atoms with Gasteiger partial charge in [-0.15, -0.1) is 0 Å². The van der Waals surface area contributed by atoms with Gasteiger partial charge < -0.3 is 14.2 Å². The molecule has 0 bridgehead atoms. The van der Waals surface area contributed by atoms with Gasteiger partial charge in [-0.2, -0.15) is 0 Å². The number of hydrogen-bond donors (Lipinski definition) is 0. The molecule has 28 heavy (non-hydrogen) atoms. The van der Waals surface area contributed by atoms with Crippen LogP contribution >= 0.6 is 0 Å². The molecule has 0 N–H and O–H groups in total. The Morgan fingerprint density at radius 1 is 0.929 bits per heavy atom. The molecule has 2 aromatic carbocycles. The van der Waals surface area contributed by atoms with Crippen molar-refractivity contribution in [3.8, 4) is 0 Å². The summed E-state index contributed by atoms with van der Waals surface area (Å²) in [4.78, 5) is 2.64. The summed E-state index contributed by atoms with van der Waals surface area (Å²) in [7, 11) is 0. The zero-order valence-corrected chi connectivity index (χ0v) is 17.0. The van der Waals surface area contributed by atoms with E-state index in [2.05, 4.69) is 77.2 Å². The first-order valence-electron chi connectivity index (χ1n) is 10.8. The highest BCUT2D eigenvalue weighted by Crippen LogP contribution is 2.34. The first kappa shape index (κ1) is 19.2. The van der Waals surface area contributed by atoms with E-state index >= 15 is 0 Å². The molecule has 148 valence electrons. The fraction of sp³-hybridized carbons (Fsp3) is 0.440. The lowest BCUT2D eigenvalue weighted by Crippen LogP contribution is -2.34. The SMILES string of the molecule is CCOCCn1cc(C2CCN(CCc3ccccc3)CC2)c2ccccc21. The number of nitrogens with zero attached hydrogens (tertiary/aromatic N) is 2. The summed E-state index contributed by atoms with van der Waals surface area (Å²) in [5.74, 6) is 0.672. The van der Waals surface area contributed by atoms with Gasteiger partial charge in [0.25, 0.3) is 0 Å². The highest BCUT2D eigenvalue weighted by Gasteiger charge is 2.23. The lowest BCUT2D eigenvalue weighted by atomic mass is 9.89. The van der Waals surface area contributed by atoms with Crippen LogP contribution in [0.4, 0.5) is 0 Å². The van der Waals surface area contributed by atoms with Gasteiger partial charge in [-0.3, -0.25) is 0 Å². The van der Waals surface area contributed by atoms with E-state index in [1.54, 1.807) is 0 Å². The first-order chi connectivity index (χ1) is 13.8. The average Bonchev–Trinajstić information content (AvgIpc) is 3.12. The number of fused-ring (bicyclic) bond motifs is 1. The molecule has 0 unspecified atom stereocenters. The highest BCUT2D eigenvalue weighted by molar-refractivity contribution is 5.84. The smallest absolute Gasteiger partial charge is 0.0645 e. The van der Waals surface area contributed by atoms with Crippen LogP contribution in [-0.2, 0) is 17.7 Å². The van der Waals surface area contributed by atoms with Gasteiger partial charge in [0.15, 0.2) is 0 Å². The van der Waals surface area contributed by atoms with E-state index in [1.807, 2.05) is 0 Å². The van der Waals surface area contributed by atoms with Gasteiger partial charge in [-0.25, -0.2) is 0 Å². The van der Waals surface area contributed by atoms with Crippen LogP contribution < -0.4 is 0 Å². The largest absolute Gasteiger partial charge is 0.380 e. The number of likely N-dealkylation sites (tertiary alicyclic amines) is 1. The van der Waals surface area contributed by atoms with E-state index in [1.165, 1.54) is 54.5 Å². The first-order valence-corrected chi connectivity index (χ1v) is 10.8. The molecule has 1 fully saturated rings. The molecule has 0 atom stereocenters. The molecule has 0 saturated carbocycles. The Balaban J connectivity index is 1.39. The molecular weight excluding hydrogens is 344 g/mol. The van der Waals surface area contributed by atoms with Crippen LogP contribution in [0.5, 0.6) is 0 Å². The molecule has 3 heteroatoms. The predicted molar refractivity (Wildman–Crippen MR) is 117 cm³/mol. The number of rotatable bonds is 8. The van der Waals surface area contributed by atoms with Crippen molar-refractivity contribution >= 4 is 10.9 Å². The van der Waals surface area contributed by atoms with Crippen molar-refractivity contribution in [1.82, 2.24) is 9.47 Å². The lowest BCUT2D eigenvalue weighted by molar-refractivity contribution is 0.140. The van der Waals surface area contributed by atoms with Crippen molar-refractivity contribution in [3.05, 3.63) is 71.9 Å². The van der Waals surface area contributed by atoms with Crippen LogP contribution in [0.2, 0.25) is 0 Å². The van der Waals surface area contributed by atoms with Gasteiger partial charge in [-0.05, 0) is 62.4 Å². The third-order valence-corrected chi connectivity index (χ3v) is 6.09. The van der Waals surface area contributed by atoms with Crippen LogP contribution in [0.15, 0.2) is 60.8 Å². The molecule has 1 aliphatic rings. The van der Waals surface area contributed by atoms with E-state index in [0.29, 0.717) is 5.92 Å². The molecule has 3 aromatic rings. The summed E-state index contributed by atoms with van der Waals surface area (Å²) in [6.07, 6.45) is 6.07. The maximum absolute atomic E-state index is 5.59. The van der Waals surface area contributed by atoms with Crippen molar-refractivity contribution in [1.29, 1.82) is 0 Å². The van der Waals surface area contributed by atoms with Crippen molar-refractivity contribution in [2.75, 3.05) is 32.8 Å². The molecule has 4 rings (SSSR count). The van der Waals surface area contributed by atoms with Crippen molar-refractivity contribution in [2.24, 2.45) is 0 Å². The Kier molecular flexibility index (Phi) is 6.45. The summed E-state index contributed by atoms with van der Waals surface area (Å²) >= 11 is 0. The second kappa shape index (κ2) is 9.40. The van der Waals surface area contributed by atoms with E-state index in [9.17, 15) is 0 Å². The fourth-order valence-electron chi connectivity index (χ4n) is 4.49. The van der Waals surface area contributed by atoms with E-state index in [0.717, 1.165) is 26.2 Å². The molecular formula is C25H32N2O. The van der Waals surface area contributed by atoms with Crippen LogP contribution in [0.25, 0.3) is 10.9 Å². The fourth-order valence-corrected chi connectivity index (χ4v) is 4.49. The second-order valence-corrected chi connectivity index (χ2v) is 7.84. The number of piperidine rings is 1.